The molecule has 1 amide bonds. The van der Waals surface area contributed by atoms with Gasteiger partial charge in [0.25, 0.3) is 0 Å². The van der Waals surface area contributed by atoms with Crippen LogP contribution in [0.15, 0.2) is 12.1 Å². The quantitative estimate of drug-likeness (QED) is 0.845. The molecule has 2 atom stereocenters. The Morgan fingerprint density at radius 2 is 1.92 bits per heavy atom. The molecule has 2 rings (SSSR count). The molecule has 24 heavy (non-hydrogen) atoms. The van der Waals surface area contributed by atoms with Crippen molar-refractivity contribution in [2.45, 2.75) is 65.8 Å². The highest BCUT2D eigenvalue weighted by molar-refractivity contribution is 6.15. The lowest BCUT2D eigenvalue weighted by atomic mass is 9.85. The second-order valence-corrected chi connectivity index (χ2v) is 7.14. The third kappa shape index (κ3) is 3.74. The van der Waals surface area contributed by atoms with Gasteiger partial charge in [0, 0.05) is 24.8 Å². The van der Waals surface area contributed by atoms with Gasteiger partial charge in [-0.2, -0.15) is 0 Å². The molecule has 2 unspecified atom stereocenters. The first kappa shape index (κ1) is 18.4. The highest BCUT2D eigenvalue weighted by atomic mass is 16.2. The molecule has 0 bridgehead atoms. The molecule has 0 aromatic heterocycles. The third-order valence-corrected chi connectivity index (χ3v) is 4.62. The van der Waals surface area contributed by atoms with Gasteiger partial charge in [-0.15, -0.1) is 0 Å². The van der Waals surface area contributed by atoms with Crippen LogP contribution in [0.4, 0.5) is 0 Å². The van der Waals surface area contributed by atoms with Gasteiger partial charge < -0.3 is 5.32 Å². The summed E-state index contributed by atoms with van der Waals surface area (Å²) in [5.41, 5.74) is 4.06. The van der Waals surface area contributed by atoms with E-state index in [2.05, 4.69) is 11.4 Å². The minimum absolute atomic E-state index is 0.0338. The van der Waals surface area contributed by atoms with Gasteiger partial charge in [0.15, 0.2) is 5.78 Å². The number of aryl methyl sites for hydroxylation is 3. The van der Waals surface area contributed by atoms with Gasteiger partial charge in [0.1, 0.15) is 11.7 Å². The number of amides is 1. The Hall–Kier alpha value is -1.97. The molecule has 1 aliphatic carbocycles. The first-order valence-corrected chi connectivity index (χ1v) is 8.70. The maximum Gasteiger partial charge on any atom is 0.220 e. The van der Waals surface area contributed by atoms with E-state index in [1.165, 1.54) is 0 Å². The van der Waals surface area contributed by atoms with E-state index in [0.29, 0.717) is 0 Å². The predicted octanol–water partition coefficient (Wildman–Crippen LogP) is 3.02. The summed E-state index contributed by atoms with van der Waals surface area (Å²) in [6.45, 7) is 9.78. The summed E-state index contributed by atoms with van der Waals surface area (Å²) >= 11 is 0. The number of Topliss-reactive ketones (excluding diaryl/α,β-unsaturated/α-hetero) is 2. The first-order chi connectivity index (χ1) is 11.2. The summed E-state index contributed by atoms with van der Waals surface area (Å²) in [5, 5.41) is 2.80. The summed E-state index contributed by atoms with van der Waals surface area (Å²) in [4.78, 5) is 37.4. The molecule has 1 N–H and O–H groups in total. The van der Waals surface area contributed by atoms with E-state index in [-0.39, 0.29) is 36.4 Å². The van der Waals surface area contributed by atoms with Crippen molar-refractivity contribution in [1.82, 2.24) is 5.32 Å². The van der Waals surface area contributed by atoms with Gasteiger partial charge in [-0.1, -0.05) is 24.6 Å². The normalized spacial score (nSPS) is 20.8. The van der Waals surface area contributed by atoms with Crippen molar-refractivity contribution in [3.63, 3.8) is 0 Å². The molecule has 0 spiro atoms. The second-order valence-electron chi connectivity index (χ2n) is 7.14. The molecular weight excluding hydrogens is 302 g/mol. The first-order valence-electron chi connectivity index (χ1n) is 8.70. The molecule has 1 aliphatic rings. The van der Waals surface area contributed by atoms with Crippen molar-refractivity contribution in [3.8, 4) is 0 Å². The Morgan fingerprint density at radius 1 is 1.25 bits per heavy atom. The largest absolute Gasteiger partial charge is 0.354 e. The molecular formula is C20H27NO3. The van der Waals surface area contributed by atoms with Crippen LogP contribution in [0.5, 0.6) is 0 Å². The van der Waals surface area contributed by atoms with Crippen LogP contribution in [0.25, 0.3) is 0 Å². The number of hydrogen-bond donors (Lipinski definition) is 1. The average Bonchev–Trinajstić information content (AvgIpc) is 2.72. The van der Waals surface area contributed by atoms with Crippen LogP contribution in [0.3, 0.4) is 0 Å². The number of hydrogen-bond acceptors (Lipinski definition) is 3. The van der Waals surface area contributed by atoms with Crippen molar-refractivity contribution < 1.29 is 14.4 Å². The molecule has 0 radical (unpaired) electrons. The second kappa shape index (κ2) is 7.29. The number of benzene rings is 1. The summed E-state index contributed by atoms with van der Waals surface area (Å²) in [7, 11) is 0. The fraction of sp³-hybridized carbons (Fsp3) is 0.550. The zero-order valence-corrected chi connectivity index (χ0v) is 15.2. The van der Waals surface area contributed by atoms with Crippen LogP contribution >= 0.6 is 0 Å². The molecule has 1 fully saturated rings. The molecule has 0 heterocycles. The Balaban J connectivity index is 2.29. The Labute approximate surface area is 144 Å². The van der Waals surface area contributed by atoms with Gasteiger partial charge in [-0.05, 0) is 50.8 Å². The minimum Gasteiger partial charge on any atom is -0.354 e. The van der Waals surface area contributed by atoms with Crippen molar-refractivity contribution in [2.75, 3.05) is 0 Å². The minimum atomic E-state index is -0.697. The highest BCUT2D eigenvalue weighted by Crippen LogP contribution is 2.37. The van der Waals surface area contributed by atoms with Crippen LogP contribution in [-0.2, 0) is 20.8 Å². The van der Waals surface area contributed by atoms with Crippen LogP contribution in [0, 0.1) is 19.8 Å². The van der Waals surface area contributed by atoms with Gasteiger partial charge in [0.05, 0.1) is 0 Å². The monoisotopic (exact) mass is 329 g/mol. The average molecular weight is 329 g/mol. The maximum atomic E-state index is 12.8. The lowest BCUT2D eigenvalue weighted by Gasteiger charge is -2.18. The van der Waals surface area contributed by atoms with Crippen molar-refractivity contribution in [1.29, 1.82) is 0 Å². The van der Waals surface area contributed by atoms with Crippen LogP contribution in [-0.4, -0.2) is 23.5 Å². The van der Waals surface area contributed by atoms with Crippen LogP contribution in [0.1, 0.15) is 61.8 Å². The SMILES string of the molecule is CCc1cc(C)cc(C)c1C1C(=O)CC(CC(=O)NC(C)C)C1=O. The molecule has 1 aromatic rings. The maximum absolute atomic E-state index is 12.8. The van der Waals surface area contributed by atoms with Gasteiger partial charge in [-0.3, -0.25) is 14.4 Å². The fourth-order valence-corrected chi connectivity index (χ4v) is 3.71. The number of rotatable bonds is 5. The van der Waals surface area contributed by atoms with Crippen LogP contribution in [0.2, 0.25) is 0 Å². The molecule has 4 nitrogen and oxygen atoms in total. The van der Waals surface area contributed by atoms with E-state index < -0.39 is 11.8 Å². The topological polar surface area (TPSA) is 63.2 Å². The summed E-state index contributed by atoms with van der Waals surface area (Å²) in [6.07, 6.45) is 1.06. The lowest BCUT2D eigenvalue weighted by molar-refractivity contribution is -0.128. The molecule has 1 aromatic carbocycles. The van der Waals surface area contributed by atoms with Crippen LogP contribution < -0.4 is 5.32 Å². The zero-order valence-electron chi connectivity index (χ0n) is 15.2. The lowest BCUT2D eigenvalue weighted by Crippen LogP contribution is -2.32. The Kier molecular flexibility index (Phi) is 5.58. The van der Waals surface area contributed by atoms with E-state index >= 15 is 0 Å². The number of carbonyl (C=O) groups excluding carboxylic acids is 3. The number of ketones is 2. The van der Waals surface area contributed by atoms with E-state index in [1.54, 1.807) is 0 Å². The number of nitrogens with one attached hydrogen (secondary N) is 1. The zero-order chi connectivity index (χ0) is 18.0. The fourth-order valence-electron chi connectivity index (χ4n) is 3.71. The summed E-state index contributed by atoms with van der Waals surface area (Å²) < 4.78 is 0. The summed E-state index contributed by atoms with van der Waals surface area (Å²) in [6, 6.07) is 4.11. The highest BCUT2D eigenvalue weighted by Gasteiger charge is 2.43. The van der Waals surface area contributed by atoms with Crippen molar-refractivity contribution in [3.05, 3.63) is 34.4 Å². The van der Waals surface area contributed by atoms with Gasteiger partial charge >= 0.3 is 0 Å². The smallest absolute Gasteiger partial charge is 0.220 e. The van der Waals surface area contributed by atoms with E-state index in [0.717, 1.165) is 28.7 Å². The molecule has 0 aliphatic heterocycles. The van der Waals surface area contributed by atoms with Gasteiger partial charge in [0.2, 0.25) is 5.91 Å². The standard InChI is InChI=1S/C20H27NO3/c1-6-14-8-12(4)7-13(5)18(14)19-16(22)9-15(20(19)24)10-17(23)21-11(2)3/h7-8,11,15,19H,6,9-10H2,1-5H3,(H,21,23). The van der Waals surface area contributed by atoms with Gasteiger partial charge in [-0.25, -0.2) is 0 Å². The van der Waals surface area contributed by atoms with E-state index in [9.17, 15) is 14.4 Å². The molecule has 130 valence electrons. The van der Waals surface area contributed by atoms with Crippen molar-refractivity contribution >= 4 is 17.5 Å². The summed E-state index contributed by atoms with van der Waals surface area (Å²) in [5.74, 6) is -1.50. The van der Waals surface area contributed by atoms with Crippen molar-refractivity contribution in [2.24, 2.45) is 5.92 Å². The predicted molar refractivity (Wildman–Crippen MR) is 94.1 cm³/mol. The molecule has 4 heteroatoms. The number of carbonyl (C=O) groups is 3. The Bertz CT molecular complexity index is 676. The Morgan fingerprint density at radius 3 is 2.50 bits per heavy atom. The third-order valence-electron chi connectivity index (χ3n) is 4.62. The van der Waals surface area contributed by atoms with E-state index in [4.69, 9.17) is 0 Å². The molecule has 1 saturated carbocycles. The van der Waals surface area contributed by atoms with E-state index in [1.807, 2.05) is 40.7 Å². The molecule has 0 saturated heterocycles.